The van der Waals surface area contributed by atoms with Gasteiger partial charge in [0.2, 0.25) is 0 Å². The molecule has 0 heterocycles. The Morgan fingerprint density at radius 3 is 2.72 bits per heavy atom. The van der Waals surface area contributed by atoms with Crippen LogP contribution in [0.5, 0.6) is 0 Å². The average molecular weight is 247 g/mol. The third-order valence-corrected chi connectivity index (χ3v) is 3.80. The van der Waals surface area contributed by atoms with Gasteiger partial charge in [-0.25, -0.2) is 0 Å². The van der Waals surface area contributed by atoms with Crippen molar-refractivity contribution in [3.8, 4) is 0 Å². The lowest BCUT2D eigenvalue weighted by atomic mass is 9.88. The summed E-state index contributed by atoms with van der Waals surface area (Å²) in [5.41, 5.74) is 2.85. The van der Waals surface area contributed by atoms with Gasteiger partial charge in [0, 0.05) is 18.7 Å². The van der Waals surface area contributed by atoms with Gasteiger partial charge in [-0.3, -0.25) is 0 Å². The van der Waals surface area contributed by atoms with Crippen LogP contribution in [0.1, 0.15) is 37.8 Å². The number of ether oxygens (including phenoxy) is 1. The summed E-state index contributed by atoms with van der Waals surface area (Å²) in [7, 11) is 0. The van der Waals surface area contributed by atoms with Gasteiger partial charge in [0.15, 0.2) is 0 Å². The Balaban J connectivity index is 1.73. The lowest BCUT2D eigenvalue weighted by molar-refractivity contribution is -0.0119. The summed E-state index contributed by atoms with van der Waals surface area (Å²) in [4.78, 5) is 0. The molecule has 0 spiro atoms. The molecule has 0 saturated heterocycles. The number of hydrogen-bond acceptors (Lipinski definition) is 2. The molecular formula is C16H25NO. The van der Waals surface area contributed by atoms with Crippen LogP contribution in [-0.2, 0) is 11.2 Å². The van der Waals surface area contributed by atoms with Gasteiger partial charge in [-0.2, -0.15) is 0 Å². The molecule has 1 unspecified atom stereocenters. The van der Waals surface area contributed by atoms with Crippen LogP contribution in [-0.4, -0.2) is 24.8 Å². The smallest absolute Gasteiger partial charge is 0.0604 e. The number of hydrogen-bond donors (Lipinski definition) is 1. The van der Waals surface area contributed by atoms with Crippen LogP contribution in [0.2, 0.25) is 0 Å². The molecule has 2 nitrogen and oxygen atoms in total. The van der Waals surface area contributed by atoms with Gasteiger partial charge < -0.3 is 10.1 Å². The average Bonchev–Trinajstić information content (AvgIpc) is 2.29. The molecule has 1 atom stereocenters. The summed E-state index contributed by atoms with van der Waals surface area (Å²) in [6.45, 7) is 7.38. The predicted molar refractivity (Wildman–Crippen MR) is 75.9 cm³/mol. The van der Waals surface area contributed by atoms with Crippen LogP contribution in [0.3, 0.4) is 0 Å². The van der Waals surface area contributed by atoms with E-state index < -0.39 is 0 Å². The van der Waals surface area contributed by atoms with Crippen molar-refractivity contribution >= 4 is 0 Å². The molecule has 0 radical (unpaired) electrons. The van der Waals surface area contributed by atoms with Gasteiger partial charge >= 0.3 is 0 Å². The highest BCUT2D eigenvalue weighted by Crippen LogP contribution is 2.24. The number of nitrogens with one attached hydrogen (secondary N) is 1. The van der Waals surface area contributed by atoms with Crippen molar-refractivity contribution in [2.24, 2.45) is 0 Å². The second-order valence-electron chi connectivity index (χ2n) is 5.44. The first kappa shape index (κ1) is 13.6. The number of benzene rings is 1. The van der Waals surface area contributed by atoms with Crippen molar-refractivity contribution in [2.75, 3.05) is 6.61 Å². The van der Waals surface area contributed by atoms with Gasteiger partial charge in [0.25, 0.3) is 0 Å². The van der Waals surface area contributed by atoms with E-state index in [4.69, 9.17) is 4.74 Å². The SMILES string of the molecule is CCOC1CC(NC(C)Cc2ccccc2C)C1. The highest BCUT2D eigenvalue weighted by molar-refractivity contribution is 5.26. The summed E-state index contributed by atoms with van der Waals surface area (Å²) in [6, 6.07) is 9.85. The molecule has 0 bridgehead atoms. The minimum absolute atomic E-state index is 0.498. The van der Waals surface area contributed by atoms with Crippen molar-refractivity contribution in [3.05, 3.63) is 35.4 Å². The van der Waals surface area contributed by atoms with Crippen molar-refractivity contribution < 1.29 is 4.74 Å². The van der Waals surface area contributed by atoms with Crippen LogP contribution < -0.4 is 5.32 Å². The summed E-state index contributed by atoms with van der Waals surface area (Å²) in [5.74, 6) is 0. The Morgan fingerprint density at radius 2 is 2.06 bits per heavy atom. The zero-order chi connectivity index (χ0) is 13.0. The van der Waals surface area contributed by atoms with Crippen molar-refractivity contribution in [2.45, 2.75) is 58.2 Å². The molecule has 0 amide bonds. The van der Waals surface area contributed by atoms with E-state index in [2.05, 4.69) is 50.4 Å². The Bertz CT molecular complexity index is 371. The minimum Gasteiger partial charge on any atom is -0.378 e. The Morgan fingerprint density at radius 1 is 1.33 bits per heavy atom. The normalized spacial score (nSPS) is 24.6. The second kappa shape index (κ2) is 6.35. The predicted octanol–water partition coefficient (Wildman–Crippen LogP) is 3.08. The fraction of sp³-hybridized carbons (Fsp3) is 0.625. The Labute approximate surface area is 111 Å². The summed E-state index contributed by atoms with van der Waals surface area (Å²) < 4.78 is 5.59. The third kappa shape index (κ3) is 3.56. The summed E-state index contributed by atoms with van der Waals surface area (Å²) >= 11 is 0. The fourth-order valence-corrected chi connectivity index (χ4v) is 2.70. The van der Waals surface area contributed by atoms with Gasteiger partial charge in [0.1, 0.15) is 0 Å². The molecule has 1 aromatic rings. The maximum Gasteiger partial charge on any atom is 0.0604 e. The van der Waals surface area contributed by atoms with Gasteiger partial charge in [-0.15, -0.1) is 0 Å². The van der Waals surface area contributed by atoms with Crippen molar-refractivity contribution in [3.63, 3.8) is 0 Å². The van der Waals surface area contributed by atoms with E-state index >= 15 is 0 Å². The number of aryl methyl sites for hydroxylation is 1. The van der Waals surface area contributed by atoms with E-state index in [-0.39, 0.29) is 0 Å². The van der Waals surface area contributed by atoms with E-state index in [0.29, 0.717) is 18.2 Å². The molecule has 18 heavy (non-hydrogen) atoms. The lowest BCUT2D eigenvalue weighted by Crippen LogP contribution is -2.49. The molecule has 1 saturated carbocycles. The zero-order valence-electron chi connectivity index (χ0n) is 11.8. The highest BCUT2D eigenvalue weighted by Gasteiger charge is 2.30. The van der Waals surface area contributed by atoms with E-state index in [9.17, 15) is 0 Å². The van der Waals surface area contributed by atoms with Gasteiger partial charge in [-0.1, -0.05) is 24.3 Å². The second-order valence-corrected chi connectivity index (χ2v) is 5.44. The molecule has 2 rings (SSSR count). The third-order valence-electron chi connectivity index (χ3n) is 3.80. The molecule has 2 heteroatoms. The maximum atomic E-state index is 5.59. The van der Waals surface area contributed by atoms with Crippen molar-refractivity contribution in [1.82, 2.24) is 5.32 Å². The first-order valence-electron chi connectivity index (χ1n) is 7.11. The van der Waals surface area contributed by atoms with Gasteiger partial charge in [-0.05, 0) is 51.2 Å². The monoisotopic (exact) mass is 247 g/mol. The fourth-order valence-electron chi connectivity index (χ4n) is 2.70. The maximum absolute atomic E-state index is 5.59. The standard InChI is InChI=1S/C16H25NO/c1-4-18-16-10-15(11-16)17-13(3)9-14-8-6-5-7-12(14)2/h5-8,13,15-17H,4,9-11H2,1-3H3. The molecule has 1 N–H and O–H groups in total. The largest absolute Gasteiger partial charge is 0.378 e. The molecule has 1 aliphatic rings. The van der Waals surface area contributed by atoms with E-state index in [1.54, 1.807) is 0 Å². The minimum atomic E-state index is 0.498. The van der Waals surface area contributed by atoms with E-state index in [0.717, 1.165) is 13.0 Å². The first-order chi connectivity index (χ1) is 8.69. The molecule has 0 aliphatic heterocycles. The topological polar surface area (TPSA) is 21.3 Å². The quantitative estimate of drug-likeness (QED) is 0.834. The highest BCUT2D eigenvalue weighted by atomic mass is 16.5. The first-order valence-corrected chi connectivity index (χ1v) is 7.11. The zero-order valence-corrected chi connectivity index (χ0v) is 11.8. The molecular weight excluding hydrogens is 222 g/mol. The van der Waals surface area contributed by atoms with Gasteiger partial charge in [0.05, 0.1) is 6.10 Å². The molecule has 1 aliphatic carbocycles. The van der Waals surface area contributed by atoms with Crippen LogP contribution in [0, 0.1) is 6.92 Å². The van der Waals surface area contributed by atoms with Crippen LogP contribution in [0.4, 0.5) is 0 Å². The molecule has 0 aromatic heterocycles. The Kier molecular flexibility index (Phi) is 4.79. The lowest BCUT2D eigenvalue weighted by Gasteiger charge is -2.37. The molecule has 1 fully saturated rings. The molecule has 100 valence electrons. The Hall–Kier alpha value is -0.860. The van der Waals surface area contributed by atoms with E-state index in [1.165, 1.54) is 24.0 Å². The summed E-state index contributed by atoms with van der Waals surface area (Å²) in [6.07, 6.45) is 3.96. The molecule has 1 aromatic carbocycles. The van der Waals surface area contributed by atoms with Crippen molar-refractivity contribution in [1.29, 1.82) is 0 Å². The van der Waals surface area contributed by atoms with Crippen LogP contribution in [0.15, 0.2) is 24.3 Å². The van der Waals surface area contributed by atoms with E-state index in [1.807, 2.05) is 0 Å². The van der Waals surface area contributed by atoms with Crippen LogP contribution in [0.25, 0.3) is 0 Å². The van der Waals surface area contributed by atoms with Crippen LogP contribution >= 0.6 is 0 Å². The summed E-state index contributed by atoms with van der Waals surface area (Å²) in [5, 5.41) is 3.70. The number of rotatable bonds is 6.